The number of benzene rings is 1. The zero-order valence-corrected chi connectivity index (χ0v) is 12.3. The van der Waals surface area contributed by atoms with Gasteiger partial charge in [0.15, 0.2) is 0 Å². The van der Waals surface area contributed by atoms with E-state index in [1.54, 1.807) is 7.11 Å². The van der Waals surface area contributed by atoms with Crippen LogP contribution in [0.5, 0.6) is 0 Å². The molecule has 0 aliphatic carbocycles. The van der Waals surface area contributed by atoms with Gasteiger partial charge in [0.1, 0.15) is 0 Å². The van der Waals surface area contributed by atoms with Crippen LogP contribution in [0.3, 0.4) is 0 Å². The van der Waals surface area contributed by atoms with Crippen molar-refractivity contribution in [1.82, 2.24) is 5.43 Å². The molecule has 0 aromatic heterocycles. The molecule has 0 saturated heterocycles. The first-order valence-corrected chi connectivity index (χ1v) is 6.60. The Balaban J connectivity index is 2.84. The lowest BCUT2D eigenvalue weighted by Gasteiger charge is -2.24. The largest absolute Gasteiger partial charge is 0.385 e. The third-order valence-corrected chi connectivity index (χ3v) is 3.41. The minimum atomic E-state index is 0.154. The van der Waals surface area contributed by atoms with Crippen molar-refractivity contribution in [3.05, 3.63) is 33.8 Å². The van der Waals surface area contributed by atoms with Crippen molar-refractivity contribution in [1.29, 1.82) is 0 Å². The van der Waals surface area contributed by atoms with Crippen molar-refractivity contribution in [2.75, 3.05) is 13.7 Å². The number of nitrogens with one attached hydrogen (secondary N) is 1. The molecule has 0 radical (unpaired) electrons. The van der Waals surface area contributed by atoms with E-state index in [9.17, 15) is 0 Å². The van der Waals surface area contributed by atoms with Crippen LogP contribution in [-0.4, -0.2) is 13.7 Å². The van der Waals surface area contributed by atoms with Crippen LogP contribution < -0.4 is 11.3 Å². The summed E-state index contributed by atoms with van der Waals surface area (Å²) in [6.45, 7) is 5.02. The average molecular weight is 301 g/mol. The standard InChI is InChI=1S/C13H21BrN2O/c1-9-6-11(8-12(14)7-9)13(16-15)10(2)4-5-17-3/h6-8,10,13,16H,4-5,15H2,1-3H3. The van der Waals surface area contributed by atoms with E-state index in [4.69, 9.17) is 10.6 Å². The maximum Gasteiger partial charge on any atom is 0.0486 e. The highest BCUT2D eigenvalue weighted by Crippen LogP contribution is 2.27. The van der Waals surface area contributed by atoms with Crippen LogP contribution in [0.4, 0.5) is 0 Å². The van der Waals surface area contributed by atoms with Gasteiger partial charge in [0.25, 0.3) is 0 Å². The third kappa shape index (κ3) is 4.39. The van der Waals surface area contributed by atoms with E-state index in [2.05, 4.69) is 53.4 Å². The van der Waals surface area contributed by atoms with E-state index < -0.39 is 0 Å². The van der Waals surface area contributed by atoms with Crippen LogP contribution in [0.1, 0.15) is 30.5 Å². The molecule has 17 heavy (non-hydrogen) atoms. The summed E-state index contributed by atoms with van der Waals surface area (Å²) in [6, 6.07) is 6.53. The fourth-order valence-corrected chi connectivity index (χ4v) is 2.63. The van der Waals surface area contributed by atoms with Gasteiger partial charge in [-0.15, -0.1) is 0 Å². The molecule has 1 aromatic carbocycles. The SMILES string of the molecule is COCCC(C)C(NN)c1cc(C)cc(Br)c1. The summed E-state index contributed by atoms with van der Waals surface area (Å²) in [5.74, 6) is 6.10. The Hall–Kier alpha value is -0.420. The molecule has 0 aliphatic heterocycles. The quantitative estimate of drug-likeness (QED) is 0.627. The van der Waals surface area contributed by atoms with Gasteiger partial charge in [0, 0.05) is 24.2 Å². The monoisotopic (exact) mass is 300 g/mol. The number of rotatable bonds is 6. The van der Waals surface area contributed by atoms with Gasteiger partial charge in [-0.3, -0.25) is 11.3 Å². The smallest absolute Gasteiger partial charge is 0.0486 e. The lowest BCUT2D eigenvalue weighted by Crippen LogP contribution is -2.33. The van der Waals surface area contributed by atoms with Gasteiger partial charge in [0.2, 0.25) is 0 Å². The Kier molecular flexibility index (Phi) is 6.12. The molecule has 0 bridgehead atoms. The van der Waals surface area contributed by atoms with Crippen molar-refractivity contribution in [2.24, 2.45) is 11.8 Å². The molecule has 2 atom stereocenters. The molecule has 0 spiro atoms. The maximum absolute atomic E-state index is 5.67. The lowest BCUT2D eigenvalue weighted by atomic mass is 9.92. The highest BCUT2D eigenvalue weighted by Gasteiger charge is 2.18. The molecule has 96 valence electrons. The Labute approximate surface area is 112 Å². The van der Waals surface area contributed by atoms with Crippen molar-refractivity contribution in [2.45, 2.75) is 26.3 Å². The van der Waals surface area contributed by atoms with Crippen LogP contribution >= 0.6 is 15.9 Å². The summed E-state index contributed by atoms with van der Waals surface area (Å²) in [5.41, 5.74) is 5.35. The summed E-state index contributed by atoms with van der Waals surface area (Å²) in [5, 5.41) is 0. The first kappa shape index (κ1) is 14.6. The van der Waals surface area contributed by atoms with E-state index in [0.717, 1.165) is 17.5 Å². The van der Waals surface area contributed by atoms with Gasteiger partial charge in [-0.1, -0.05) is 28.9 Å². The molecule has 1 rings (SSSR count). The number of aryl methyl sites for hydroxylation is 1. The Morgan fingerprint density at radius 2 is 2.12 bits per heavy atom. The fraction of sp³-hybridized carbons (Fsp3) is 0.538. The summed E-state index contributed by atoms with van der Waals surface area (Å²) < 4.78 is 6.20. The minimum Gasteiger partial charge on any atom is -0.385 e. The molecule has 2 unspecified atom stereocenters. The lowest BCUT2D eigenvalue weighted by molar-refractivity contribution is 0.170. The average Bonchev–Trinajstić information content (AvgIpc) is 2.26. The number of halogens is 1. The number of nitrogens with two attached hydrogens (primary N) is 1. The fourth-order valence-electron chi connectivity index (χ4n) is 2.00. The maximum atomic E-state index is 5.67. The highest BCUT2D eigenvalue weighted by atomic mass is 79.9. The zero-order valence-electron chi connectivity index (χ0n) is 10.7. The number of hydrogen-bond donors (Lipinski definition) is 2. The summed E-state index contributed by atoms with van der Waals surface area (Å²) in [7, 11) is 1.72. The molecule has 0 heterocycles. The van der Waals surface area contributed by atoms with Gasteiger partial charge in [-0.05, 0) is 42.5 Å². The van der Waals surface area contributed by atoms with E-state index in [0.29, 0.717) is 5.92 Å². The van der Waals surface area contributed by atoms with E-state index >= 15 is 0 Å². The predicted octanol–water partition coefficient (Wildman–Crippen LogP) is 2.93. The molecule has 1 aromatic rings. The number of hydrogen-bond acceptors (Lipinski definition) is 3. The number of methoxy groups -OCH3 is 1. The second kappa shape index (κ2) is 7.11. The van der Waals surface area contributed by atoms with Crippen LogP contribution in [0.2, 0.25) is 0 Å². The topological polar surface area (TPSA) is 47.3 Å². The van der Waals surface area contributed by atoms with Crippen molar-refractivity contribution >= 4 is 15.9 Å². The predicted molar refractivity (Wildman–Crippen MR) is 74.6 cm³/mol. The van der Waals surface area contributed by atoms with Crippen molar-refractivity contribution in [3.8, 4) is 0 Å². The van der Waals surface area contributed by atoms with Gasteiger partial charge in [-0.2, -0.15) is 0 Å². The highest BCUT2D eigenvalue weighted by molar-refractivity contribution is 9.10. The molecule has 3 nitrogen and oxygen atoms in total. The van der Waals surface area contributed by atoms with E-state index in [1.165, 1.54) is 11.1 Å². The first-order chi connectivity index (χ1) is 8.08. The van der Waals surface area contributed by atoms with Crippen LogP contribution in [0.15, 0.2) is 22.7 Å². The van der Waals surface area contributed by atoms with Gasteiger partial charge in [0.05, 0.1) is 0 Å². The van der Waals surface area contributed by atoms with Gasteiger partial charge < -0.3 is 4.74 Å². The normalized spacial score (nSPS) is 14.6. The van der Waals surface area contributed by atoms with Crippen molar-refractivity contribution in [3.63, 3.8) is 0 Å². The van der Waals surface area contributed by atoms with Crippen LogP contribution in [0.25, 0.3) is 0 Å². The molecule has 0 aliphatic rings. The first-order valence-electron chi connectivity index (χ1n) is 5.80. The second-order valence-corrected chi connectivity index (χ2v) is 5.38. The molecule has 0 saturated carbocycles. The number of hydrazine groups is 1. The molecular weight excluding hydrogens is 280 g/mol. The Morgan fingerprint density at radius 3 is 2.65 bits per heavy atom. The third-order valence-electron chi connectivity index (χ3n) is 2.95. The Morgan fingerprint density at radius 1 is 1.41 bits per heavy atom. The number of ether oxygens (including phenoxy) is 1. The van der Waals surface area contributed by atoms with Crippen LogP contribution in [0, 0.1) is 12.8 Å². The van der Waals surface area contributed by atoms with Gasteiger partial charge in [-0.25, -0.2) is 0 Å². The molecule has 0 amide bonds. The second-order valence-electron chi connectivity index (χ2n) is 4.47. The van der Waals surface area contributed by atoms with Gasteiger partial charge >= 0.3 is 0 Å². The summed E-state index contributed by atoms with van der Waals surface area (Å²) in [6.07, 6.45) is 0.983. The summed E-state index contributed by atoms with van der Waals surface area (Å²) in [4.78, 5) is 0. The van der Waals surface area contributed by atoms with E-state index in [1.807, 2.05) is 0 Å². The Bertz CT molecular complexity index is 337. The van der Waals surface area contributed by atoms with Crippen LogP contribution in [-0.2, 0) is 4.74 Å². The minimum absolute atomic E-state index is 0.154. The molecule has 0 fully saturated rings. The summed E-state index contributed by atoms with van der Waals surface area (Å²) >= 11 is 3.52. The van der Waals surface area contributed by atoms with E-state index in [-0.39, 0.29) is 6.04 Å². The zero-order chi connectivity index (χ0) is 12.8. The molecule has 4 heteroatoms. The molecule has 3 N–H and O–H groups in total. The molecular formula is C13H21BrN2O. The van der Waals surface area contributed by atoms with Crippen molar-refractivity contribution < 1.29 is 4.74 Å².